The van der Waals surface area contributed by atoms with Crippen LogP contribution in [0.3, 0.4) is 0 Å². The number of unbranched alkanes of at least 4 members (excludes halogenated alkanes) is 2. The summed E-state index contributed by atoms with van der Waals surface area (Å²) < 4.78 is 4.96. The number of nitrogens with zero attached hydrogens (tertiary/aromatic N) is 1. The summed E-state index contributed by atoms with van der Waals surface area (Å²) in [5, 5.41) is 6.08. The van der Waals surface area contributed by atoms with Crippen LogP contribution in [0.1, 0.15) is 54.0 Å². The molecular weight excluding hydrogens is 330 g/mol. The molecule has 2 N–H and O–H groups in total. The molecule has 2 rings (SSSR count). The molecule has 6 nitrogen and oxygen atoms in total. The van der Waals surface area contributed by atoms with E-state index in [1.807, 2.05) is 0 Å². The molecule has 0 aliphatic heterocycles. The largest absolute Gasteiger partial charge is 0.462 e. The highest BCUT2D eigenvalue weighted by Gasteiger charge is 2.08. The molecule has 0 saturated heterocycles. The van der Waals surface area contributed by atoms with Crippen LogP contribution in [0.2, 0.25) is 0 Å². The van der Waals surface area contributed by atoms with Crippen molar-refractivity contribution in [1.29, 1.82) is 0 Å². The topological polar surface area (TPSA) is 80.3 Å². The molecule has 0 saturated carbocycles. The highest BCUT2D eigenvalue weighted by molar-refractivity contribution is 5.93. The second-order valence-corrected chi connectivity index (χ2v) is 5.82. The number of carbonyl (C=O) groups excluding carboxylic acids is 2. The van der Waals surface area contributed by atoms with Crippen LogP contribution in [0.4, 0.5) is 11.4 Å². The summed E-state index contributed by atoms with van der Waals surface area (Å²) in [4.78, 5) is 27.9. The van der Waals surface area contributed by atoms with Gasteiger partial charge in [-0.1, -0.05) is 19.8 Å². The Morgan fingerprint density at radius 3 is 2.50 bits per heavy atom. The zero-order valence-corrected chi connectivity index (χ0v) is 15.2. The predicted octanol–water partition coefficient (Wildman–Crippen LogP) is 3.92. The fraction of sp³-hybridized carbons (Fsp3) is 0.350. The first-order valence-electron chi connectivity index (χ1n) is 8.92. The quantitative estimate of drug-likeness (QED) is 0.526. The van der Waals surface area contributed by atoms with Gasteiger partial charge in [-0.15, -0.1) is 0 Å². The standard InChI is InChI=1S/C20H25N3O3/c1-3-5-6-12-22-19(24)18-14-17(11-13-21-18)23-16-9-7-15(8-10-16)20(25)26-4-2/h7-11,13-14H,3-6,12H2,1-2H3,(H,21,23)(H,22,24). The van der Waals surface area contributed by atoms with Crippen molar-refractivity contribution < 1.29 is 14.3 Å². The molecule has 1 heterocycles. The molecule has 26 heavy (non-hydrogen) atoms. The molecule has 0 atom stereocenters. The van der Waals surface area contributed by atoms with Crippen molar-refractivity contribution >= 4 is 23.3 Å². The van der Waals surface area contributed by atoms with Crippen molar-refractivity contribution in [3.05, 3.63) is 53.9 Å². The van der Waals surface area contributed by atoms with Gasteiger partial charge in [0.2, 0.25) is 0 Å². The average molecular weight is 355 g/mol. The fourth-order valence-corrected chi connectivity index (χ4v) is 2.37. The van der Waals surface area contributed by atoms with Gasteiger partial charge in [-0.05, 0) is 49.7 Å². The first-order valence-corrected chi connectivity index (χ1v) is 8.92. The number of amides is 1. The van der Waals surface area contributed by atoms with Gasteiger partial charge in [0.1, 0.15) is 5.69 Å². The highest BCUT2D eigenvalue weighted by atomic mass is 16.5. The normalized spacial score (nSPS) is 10.2. The van der Waals surface area contributed by atoms with Gasteiger partial charge < -0.3 is 15.4 Å². The summed E-state index contributed by atoms with van der Waals surface area (Å²) in [5.74, 6) is -0.521. The third-order valence-corrected chi connectivity index (χ3v) is 3.74. The molecule has 0 spiro atoms. The molecule has 0 aliphatic rings. The number of aromatic nitrogens is 1. The van der Waals surface area contributed by atoms with Crippen LogP contribution in [0, 0.1) is 0 Å². The number of ether oxygens (including phenoxy) is 1. The van der Waals surface area contributed by atoms with Crippen molar-refractivity contribution in [2.75, 3.05) is 18.5 Å². The number of benzene rings is 1. The Morgan fingerprint density at radius 2 is 1.81 bits per heavy atom. The maximum atomic E-state index is 12.1. The summed E-state index contributed by atoms with van der Waals surface area (Å²) >= 11 is 0. The number of hydrogen-bond donors (Lipinski definition) is 2. The van der Waals surface area contributed by atoms with Gasteiger partial charge in [-0.2, -0.15) is 0 Å². The van der Waals surface area contributed by atoms with Gasteiger partial charge in [0.25, 0.3) is 5.91 Å². The lowest BCUT2D eigenvalue weighted by Gasteiger charge is -2.09. The number of esters is 1. The van der Waals surface area contributed by atoms with Crippen LogP contribution in [-0.2, 0) is 4.74 Å². The molecule has 1 aromatic heterocycles. The summed E-state index contributed by atoms with van der Waals surface area (Å²) in [7, 11) is 0. The minimum atomic E-state index is -0.343. The van der Waals surface area contributed by atoms with Gasteiger partial charge in [0, 0.05) is 24.1 Å². The number of rotatable bonds is 9. The summed E-state index contributed by atoms with van der Waals surface area (Å²) in [5.41, 5.74) is 2.43. The second-order valence-electron chi connectivity index (χ2n) is 5.82. The number of anilines is 2. The summed E-state index contributed by atoms with van der Waals surface area (Å²) in [6, 6.07) is 10.5. The van der Waals surface area contributed by atoms with E-state index in [4.69, 9.17) is 4.74 Å². The van der Waals surface area contributed by atoms with Crippen molar-refractivity contribution in [3.63, 3.8) is 0 Å². The minimum Gasteiger partial charge on any atom is -0.462 e. The Morgan fingerprint density at radius 1 is 1.04 bits per heavy atom. The SMILES string of the molecule is CCCCCNC(=O)c1cc(Nc2ccc(C(=O)OCC)cc2)ccn1. The van der Waals surface area contributed by atoms with E-state index in [-0.39, 0.29) is 11.9 Å². The maximum absolute atomic E-state index is 12.1. The van der Waals surface area contributed by atoms with Crippen LogP contribution in [0.25, 0.3) is 0 Å². The Bertz CT molecular complexity index is 729. The molecule has 0 bridgehead atoms. The van der Waals surface area contributed by atoms with Gasteiger partial charge in [-0.3, -0.25) is 9.78 Å². The van der Waals surface area contributed by atoms with Crippen LogP contribution < -0.4 is 10.6 Å². The lowest BCUT2D eigenvalue weighted by molar-refractivity contribution is 0.0526. The Hall–Kier alpha value is -2.89. The minimum absolute atomic E-state index is 0.178. The van der Waals surface area contributed by atoms with Gasteiger partial charge in [0.05, 0.1) is 12.2 Å². The highest BCUT2D eigenvalue weighted by Crippen LogP contribution is 2.18. The monoisotopic (exact) mass is 355 g/mol. The lowest BCUT2D eigenvalue weighted by Crippen LogP contribution is -2.25. The Kier molecular flexibility index (Phi) is 7.61. The summed E-state index contributed by atoms with van der Waals surface area (Å²) in [6.07, 6.45) is 4.77. The molecule has 0 fully saturated rings. The van der Waals surface area contributed by atoms with Crippen molar-refractivity contribution in [3.8, 4) is 0 Å². The molecule has 0 radical (unpaired) electrons. The second kappa shape index (κ2) is 10.2. The van der Waals surface area contributed by atoms with E-state index in [0.29, 0.717) is 24.4 Å². The van der Waals surface area contributed by atoms with Crippen LogP contribution >= 0.6 is 0 Å². The van der Waals surface area contributed by atoms with E-state index in [9.17, 15) is 9.59 Å². The first kappa shape index (κ1) is 19.4. The Labute approximate surface area is 154 Å². The Balaban J connectivity index is 1.97. The molecule has 1 amide bonds. The molecule has 2 aromatic rings. The van der Waals surface area contributed by atoms with Gasteiger partial charge in [0.15, 0.2) is 0 Å². The van der Waals surface area contributed by atoms with Gasteiger partial charge >= 0.3 is 5.97 Å². The predicted molar refractivity (Wildman–Crippen MR) is 102 cm³/mol. The molecule has 0 unspecified atom stereocenters. The average Bonchev–Trinajstić information content (AvgIpc) is 2.66. The van der Waals surface area contributed by atoms with Crippen LogP contribution in [-0.4, -0.2) is 30.0 Å². The molecule has 6 heteroatoms. The van der Waals surface area contributed by atoms with Crippen LogP contribution in [0.5, 0.6) is 0 Å². The van der Waals surface area contributed by atoms with Crippen LogP contribution in [0.15, 0.2) is 42.6 Å². The third kappa shape index (κ3) is 5.88. The first-order chi connectivity index (χ1) is 12.6. The maximum Gasteiger partial charge on any atom is 0.338 e. The van der Waals surface area contributed by atoms with Crippen molar-refractivity contribution in [2.45, 2.75) is 33.1 Å². The van der Waals surface area contributed by atoms with E-state index in [1.54, 1.807) is 49.5 Å². The molecule has 138 valence electrons. The van der Waals surface area contributed by atoms with E-state index >= 15 is 0 Å². The van der Waals surface area contributed by atoms with E-state index < -0.39 is 0 Å². The number of nitrogens with one attached hydrogen (secondary N) is 2. The van der Waals surface area contributed by atoms with E-state index in [1.165, 1.54) is 0 Å². The van der Waals surface area contributed by atoms with Crippen molar-refractivity contribution in [1.82, 2.24) is 10.3 Å². The van der Waals surface area contributed by atoms with Gasteiger partial charge in [-0.25, -0.2) is 4.79 Å². The van der Waals surface area contributed by atoms with E-state index in [2.05, 4.69) is 22.5 Å². The third-order valence-electron chi connectivity index (χ3n) is 3.74. The molecule has 1 aromatic carbocycles. The molecule has 0 aliphatic carbocycles. The number of hydrogen-bond acceptors (Lipinski definition) is 5. The summed E-state index contributed by atoms with van der Waals surface area (Å²) in [6.45, 7) is 4.90. The lowest BCUT2D eigenvalue weighted by atomic mass is 10.2. The van der Waals surface area contributed by atoms with E-state index in [0.717, 1.165) is 30.6 Å². The number of carbonyl (C=O) groups is 2. The zero-order valence-electron chi connectivity index (χ0n) is 15.2. The smallest absolute Gasteiger partial charge is 0.338 e. The fourth-order valence-electron chi connectivity index (χ4n) is 2.37. The zero-order chi connectivity index (χ0) is 18.8. The molecular formula is C20H25N3O3. The van der Waals surface area contributed by atoms with Crippen molar-refractivity contribution in [2.24, 2.45) is 0 Å². The number of pyridine rings is 1.